The molecule has 3 N–H and O–H groups in total. The third kappa shape index (κ3) is 3.20. The van der Waals surface area contributed by atoms with E-state index in [1.165, 1.54) is 0 Å². The molecular formula is C13H18N2O2. The van der Waals surface area contributed by atoms with Crippen LogP contribution in [0.5, 0.6) is 5.75 Å². The van der Waals surface area contributed by atoms with Crippen molar-refractivity contribution in [3.05, 3.63) is 29.8 Å². The summed E-state index contributed by atoms with van der Waals surface area (Å²) in [5, 5.41) is 2.98. The summed E-state index contributed by atoms with van der Waals surface area (Å²) < 4.78 is 5.60. The fourth-order valence-electron chi connectivity index (χ4n) is 1.98. The van der Waals surface area contributed by atoms with Crippen molar-refractivity contribution in [3.63, 3.8) is 0 Å². The van der Waals surface area contributed by atoms with Crippen LogP contribution in [-0.4, -0.2) is 25.1 Å². The molecule has 1 aromatic carbocycles. The Balaban J connectivity index is 1.88. The highest BCUT2D eigenvalue weighted by molar-refractivity contribution is 5.76. The van der Waals surface area contributed by atoms with E-state index in [9.17, 15) is 4.79 Å². The summed E-state index contributed by atoms with van der Waals surface area (Å²) in [6.07, 6.45) is 2.06. The molecule has 1 aromatic rings. The zero-order valence-corrected chi connectivity index (χ0v) is 9.82. The number of nitrogens with two attached hydrogens (primary N) is 1. The van der Waals surface area contributed by atoms with E-state index in [1.54, 1.807) is 0 Å². The molecule has 92 valence electrons. The molecule has 1 aliphatic heterocycles. The van der Waals surface area contributed by atoms with Gasteiger partial charge in [-0.05, 0) is 31.0 Å². The highest BCUT2D eigenvalue weighted by Gasteiger charge is 2.20. The molecule has 1 unspecified atom stereocenters. The second-order valence-corrected chi connectivity index (χ2v) is 4.28. The van der Waals surface area contributed by atoms with E-state index in [0.717, 1.165) is 24.2 Å². The second-order valence-electron chi connectivity index (χ2n) is 4.28. The van der Waals surface area contributed by atoms with Gasteiger partial charge in [0, 0.05) is 6.42 Å². The predicted molar refractivity (Wildman–Crippen MR) is 65.9 cm³/mol. The maximum Gasteiger partial charge on any atom is 0.220 e. The molecular weight excluding hydrogens is 216 g/mol. The minimum absolute atomic E-state index is 0.0587. The Morgan fingerprint density at radius 3 is 3.12 bits per heavy atom. The number of carbonyl (C=O) groups is 1. The Bertz CT molecular complexity index is 393. The van der Waals surface area contributed by atoms with Crippen LogP contribution in [0.25, 0.3) is 0 Å². The maximum absolute atomic E-state index is 11.6. The Labute approximate surface area is 101 Å². The lowest BCUT2D eigenvalue weighted by atomic mass is 10.0. The molecule has 17 heavy (non-hydrogen) atoms. The standard InChI is InChI=1S/C13H18N2O2/c14-7-3-6-13(16)15-11-8-10-4-1-2-5-12(10)17-9-11/h1-2,4-5,11H,3,6-9,14H2,(H,15,16). The van der Waals surface area contributed by atoms with Crippen LogP contribution in [0.3, 0.4) is 0 Å². The summed E-state index contributed by atoms with van der Waals surface area (Å²) in [6, 6.07) is 8.02. The predicted octanol–water partition coefficient (Wildman–Crippen LogP) is 0.845. The molecule has 0 bridgehead atoms. The number of amides is 1. The highest BCUT2D eigenvalue weighted by atomic mass is 16.5. The van der Waals surface area contributed by atoms with Crippen molar-refractivity contribution in [3.8, 4) is 5.75 Å². The summed E-state index contributed by atoms with van der Waals surface area (Å²) in [5.41, 5.74) is 6.52. The van der Waals surface area contributed by atoms with Gasteiger partial charge >= 0.3 is 0 Å². The lowest BCUT2D eigenvalue weighted by Crippen LogP contribution is -2.42. The summed E-state index contributed by atoms with van der Waals surface area (Å²) in [5.74, 6) is 0.989. The number of benzene rings is 1. The molecule has 2 rings (SSSR count). The van der Waals surface area contributed by atoms with Gasteiger partial charge in [0.05, 0.1) is 6.04 Å². The van der Waals surface area contributed by atoms with E-state index >= 15 is 0 Å². The van der Waals surface area contributed by atoms with E-state index in [2.05, 4.69) is 5.32 Å². The van der Waals surface area contributed by atoms with Crippen LogP contribution in [0.4, 0.5) is 0 Å². The first kappa shape index (κ1) is 11.9. The van der Waals surface area contributed by atoms with Crippen LogP contribution in [-0.2, 0) is 11.2 Å². The molecule has 0 aromatic heterocycles. The Morgan fingerprint density at radius 2 is 2.29 bits per heavy atom. The van der Waals surface area contributed by atoms with Crippen LogP contribution in [0.2, 0.25) is 0 Å². The monoisotopic (exact) mass is 234 g/mol. The second kappa shape index (κ2) is 5.68. The van der Waals surface area contributed by atoms with Gasteiger partial charge in [-0.2, -0.15) is 0 Å². The van der Waals surface area contributed by atoms with Crippen LogP contribution in [0, 0.1) is 0 Å². The lowest BCUT2D eigenvalue weighted by Gasteiger charge is -2.26. The molecule has 0 fully saturated rings. The zero-order valence-electron chi connectivity index (χ0n) is 9.82. The van der Waals surface area contributed by atoms with Gasteiger partial charge in [0.25, 0.3) is 0 Å². The van der Waals surface area contributed by atoms with Crippen molar-refractivity contribution in [2.75, 3.05) is 13.2 Å². The molecule has 0 saturated heterocycles. The summed E-state index contributed by atoms with van der Waals surface area (Å²) in [4.78, 5) is 11.6. The number of hydrogen-bond donors (Lipinski definition) is 2. The molecule has 4 nitrogen and oxygen atoms in total. The van der Waals surface area contributed by atoms with Gasteiger partial charge in [-0.1, -0.05) is 18.2 Å². The van der Waals surface area contributed by atoms with E-state index < -0.39 is 0 Å². The maximum atomic E-state index is 11.6. The fourth-order valence-corrected chi connectivity index (χ4v) is 1.98. The molecule has 1 aliphatic rings. The smallest absolute Gasteiger partial charge is 0.220 e. The van der Waals surface area contributed by atoms with Gasteiger partial charge < -0.3 is 15.8 Å². The van der Waals surface area contributed by atoms with Gasteiger partial charge in [0.15, 0.2) is 0 Å². The molecule has 1 amide bonds. The van der Waals surface area contributed by atoms with Crippen molar-refractivity contribution in [1.29, 1.82) is 0 Å². The third-order valence-corrected chi connectivity index (χ3v) is 2.85. The summed E-state index contributed by atoms with van der Waals surface area (Å²) >= 11 is 0. The average molecular weight is 234 g/mol. The Kier molecular flexibility index (Phi) is 3.98. The Morgan fingerprint density at radius 1 is 1.47 bits per heavy atom. The largest absolute Gasteiger partial charge is 0.491 e. The summed E-state index contributed by atoms with van der Waals surface area (Å²) in [7, 11) is 0. The van der Waals surface area contributed by atoms with E-state index in [-0.39, 0.29) is 11.9 Å². The number of para-hydroxylation sites is 1. The molecule has 0 radical (unpaired) electrons. The number of hydrogen-bond acceptors (Lipinski definition) is 3. The van der Waals surface area contributed by atoms with Crippen LogP contribution >= 0.6 is 0 Å². The number of carbonyl (C=O) groups excluding carboxylic acids is 1. The highest BCUT2D eigenvalue weighted by Crippen LogP contribution is 2.23. The normalized spacial score (nSPS) is 18.1. The van der Waals surface area contributed by atoms with Crippen molar-refractivity contribution in [2.24, 2.45) is 5.73 Å². The Hall–Kier alpha value is -1.55. The lowest BCUT2D eigenvalue weighted by molar-refractivity contribution is -0.122. The number of ether oxygens (including phenoxy) is 1. The van der Waals surface area contributed by atoms with Gasteiger partial charge in [-0.25, -0.2) is 0 Å². The third-order valence-electron chi connectivity index (χ3n) is 2.85. The van der Waals surface area contributed by atoms with Crippen LogP contribution in [0.15, 0.2) is 24.3 Å². The molecule has 0 aliphatic carbocycles. The first-order valence-corrected chi connectivity index (χ1v) is 5.99. The van der Waals surface area contributed by atoms with E-state index in [4.69, 9.17) is 10.5 Å². The number of nitrogens with one attached hydrogen (secondary N) is 1. The first-order chi connectivity index (χ1) is 8.29. The zero-order chi connectivity index (χ0) is 12.1. The van der Waals surface area contributed by atoms with Crippen molar-refractivity contribution in [1.82, 2.24) is 5.32 Å². The van der Waals surface area contributed by atoms with Gasteiger partial charge in [0.1, 0.15) is 12.4 Å². The minimum atomic E-state index is 0.0587. The molecule has 1 atom stereocenters. The van der Waals surface area contributed by atoms with E-state index in [0.29, 0.717) is 19.6 Å². The van der Waals surface area contributed by atoms with Gasteiger partial charge in [-0.15, -0.1) is 0 Å². The number of rotatable bonds is 4. The van der Waals surface area contributed by atoms with Crippen molar-refractivity contribution < 1.29 is 9.53 Å². The van der Waals surface area contributed by atoms with Gasteiger partial charge in [0.2, 0.25) is 5.91 Å². The minimum Gasteiger partial charge on any atom is -0.491 e. The average Bonchev–Trinajstić information content (AvgIpc) is 2.36. The van der Waals surface area contributed by atoms with Crippen molar-refractivity contribution >= 4 is 5.91 Å². The summed E-state index contributed by atoms with van der Waals surface area (Å²) in [6.45, 7) is 1.10. The van der Waals surface area contributed by atoms with E-state index in [1.807, 2.05) is 24.3 Å². The van der Waals surface area contributed by atoms with Crippen LogP contribution in [0.1, 0.15) is 18.4 Å². The first-order valence-electron chi connectivity index (χ1n) is 5.99. The molecule has 0 spiro atoms. The molecule has 4 heteroatoms. The fraction of sp³-hybridized carbons (Fsp3) is 0.462. The quantitative estimate of drug-likeness (QED) is 0.811. The van der Waals surface area contributed by atoms with Gasteiger partial charge in [-0.3, -0.25) is 4.79 Å². The topological polar surface area (TPSA) is 64.4 Å². The molecule has 1 heterocycles. The van der Waals surface area contributed by atoms with Crippen LogP contribution < -0.4 is 15.8 Å². The SMILES string of the molecule is NCCCC(=O)NC1COc2ccccc2C1. The van der Waals surface area contributed by atoms with Crippen molar-refractivity contribution in [2.45, 2.75) is 25.3 Å². The molecule has 0 saturated carbocycles. The number of fused-ring (bicyclic) bond motifs is 1.